The second-order valence-corrected chi connectivity index (χ2v) is 6.06. The van der Waals surface area contributed by atoms with Crippen LogP contribution in [0.2, 0.25) is 0 Å². The smallest absolute Gasteiger partial charge is 0.125 e. The normalized spacial score (nSPS) is 28.5. The maximum absolute atomic E-state index is 6.13. The molecule has 2 rings (SSSR count). The Morgan fingerprint density at radius 1 is 1.56 bits per heavy atom. The maximum atomic E-state index is 6.13. The first-order valence-corrected chi connectivity index (χ1v) is 7.66. The highest BCUT2D eigenvalue weighted by molar-refractivity contribution is 7.09. The summed E-state index contributed by atoms with van der Waals surface area (Å²) in [6, 6.07) is 0. The van der Waals surface area contributed by atoms with Crippen molar-refractivity contribution in [2.45, 2.75) is 51.7 Å². The summed E-state index contributed by atoms with van der Waals surface area (Å²) in [5.41, 5.74) is 0.887. The first-order valence-electron chi connectivity index (χ1n) is 6.78. The summed E-state index contributed by atoms with van der Waals surface area (Å²) in [7, 11) is 1.71. The van der Waals surface area contributed by atoms with Gasteiger partial charge in [-0.3, -0.25) is 0 Å². The molecule has 1 aromatic heterocycles. The van der Waals surface area contributed by atoms with Gasteiger partial charge >= 0.3 is 0 Å². The maximum Gasteiger partial charge on any atom is 0.125 e. The number of ether oxygens (including phenoxy) is 2. The zero-order chi connectivity index (χ0) is 13.0. The summed E-state index contributed by atoms with van der Waals surface area (Å²) in [5, 5.41) is 3.24. The van der Waals surface area contributed by atoms with Crippen LogP contribution in [0.4, 0.5) is 0 Å². The molecule has 1 saturated carbocycles. The Balaban J connectivity index is 2.21. The van der Waals surface area contributed by atoms with Gasteiger partial charge in [-0.15, -0.1) is 11.3 Å². The van der Waals surface area contributed by atoms with Gasteiger partial charge in [0.25, 0.3) is 0 Å². The molecule has 1 aromatic rings. The van der Waals surface area contributed by atoms with Crippen LogP contribution in [0.5, 0.6) is 0 Å². The summed E-state index contributed by atoms with van der Waals surface area (Å²) < 4.78 is 11.3. The number of aromatic nitrogens is 1. The Bertz CT molecular complexity index is 376. The molecule has 102 valence electrons. The molecule has 3 nitrogen and oxygen atoms in total. The van der Waals surface area contributed by atoms with E-state index in [1.807, 2.05) is 0 Å². The number of hydrogen-bond acceptors (Lipinski definition) is 4. The van der Waals surface area contributed by atoms with Gasteiger partial charge in [-0.2, -0.15) is 0 Å². The van der Waals surface area contributed by atoms with E-state index in [1.54, 1.807) is 18.4 Å². The van der Waals surface area contributed by atoms with Gasteiger partial charge in [0, 0.05) is 19.1 Å². The van der Waals surface area contributed by atoms with Crippen LogP contribution in [0.1, 0.15) is 50.2 Å². The topological polar surface area (TPSA) is 31.4 Å². The molecule has 18 heavy (non-hydrogen) atoms. The van der Waals surface area contributed by atoms with Gasteiger partial charge in [-0.05, 0) is 32.1 Å². The first-order chi connectivity index (χ1) is 8.70. The Labute approximate surface area is 114 Å². The van der Waals surface area contributed by atoms with Crippen molar-refractivity contribution < 1.29 is 9.47 Å². The van der Waals surface area contributed by atoms with E-state index in [4.69, 9.17) is 14.5 Å². The fraction of sp³-hybridized carbons (Fsp3) is 0.786. The third-order valence-corrected chi connectivity index (χ3v) is 4.69. The minimum Gasteiger partial charge on any atom is -0.378 e. The lowest BCUT2D eigenvalue weighted by Crippen LogP contribution is -2.35. The standard InChI is InChI=1S/C14H23NO2S/c1-4-17-14(7-5-6-11(2)8-14)13-15-12(9-16-3)10-18-13/h10-11H,4-9H2,1-3H3. The molecular formula is C14H23NO2S. The monoisotopic (exact) mass is 269 g/mol. The van der Waals surface area contributed by atoms with Crippen LogP contribution >= 0.6 is 11.3 Å². The molecule has 1 heterocycles. The van der Waals surface area contributed by atoms with Crippen molar-refractivity contribution in [1.29, 1.82) is 0 Å². The average Bonchev–Trinajstić information content (AvgIpc) is 2.79. The van der Waals surface area contributed by atoms with Gasteiger partial charge in [-0.25, -0.2) is 4.98 Å². The lowest BCUT2D eigenvalue weighted by molar-refractivity contribution is -0.0822. The number of rotatable bonds is 5. The Morgan fingerprint density at radius 3 is 3.06 bits per heavy atom. The number of hydrogen-bond donors (Lipinski definition) is 0. The van der Waals surface area contributed by atoms with E-state index in [-0.39, 0.29) is 5.60 Å². The van der Waals surface area contributed by atoms with Crippen molar-refractivity contribution in [2.24, 2.45) is 5.92 Å². The Morgan fingerprint density at radius 2 is 2.39 bits per heavy atom. The zero-order valence-electron chi connectivity index (χ0n) is 11.6. The molecule has 4 heteroatoms. The number of methoxy groups -OCH3 is 1. The minimum atomic E-state index is -0.136. The zero-order valence-corrected chi connectivity index (χ0v) is 12.4. The van der Waals surface area contributed by atoms with E-state index in [1.165, 1.54) is 12.8 Å². The Hall–Kier alpha value is -0.450. The highest BCUT2D eigenvalue weighted by Crippen LogP contribution is 2.44. The van der Waals surface area contributed by atoms with E-state index < -0.39 is 0 Å². The summed E-state index contributed by atoms with van der Waals surface area (Å²) >= 11 is 1.72. The summed E-state index contributed by atoms with van der Waals surface area (Å²) in [4.78, 5) is 4.72. The fourth-order valence-electron chi connectivity index (χ4n) is 2.90. The molecule has 2 unspecified atom stereocenters. The van der Waals surface area contributed by atoms with Gasteiger partial charge in [0.2, 0.25) is 0 Å². The van der Waals surface area contributed by atoms with Crippen molar-refractivity contribution in [3.63, 3.8) is 0 Å². The molecule has 1 aliphatic carbocycles. The van der Waals surface area contributed by atoms with Crippen molar-refractivity contribution in [1.82, 2.24) is 4.98 Å². The first kappa shape index (κ1) is 14.0. The van der Waals surface area contributed by atoms with Gasteiger partial charge in [0.15, 0.2) is 0 Å². The van der Waals surface area contributed by atoms with E-state index >= 15 is 0 Å². The van der Waals surface area contributed by atoms with Crippen LogP contribution in [0.25, 0.3) is 0 Å². The van der Waals surface area contributed by atoms with Crippen LogP contribution in [-0.2, 0) is 21.7 Å². The minimum absolute atomic E-state index is 0.136. The average molecular weight is 269 g/mol. The van der Waals surface area contributed by atoms with Crippen molar-refractivity contribution >= 4 is 11.3 Å². The molecule has 1 aliphatic rings. The van der Waals surface area contributed by atoms with Crippen LogP contribution < -0.4 is 0 Å². The van der Waals surface area contributed by atoms with E-state index in [0.29, 0.717) is 6.61 Å². The molecule has 0 radical (unpaired) electrons. The summed E-state index contributed by atoms with van der Waals surface area (Å²) in [6.45, 7) is 5.74. The molecule has 0 saturated heterocycles. The molecule has 0 N–H and O–H groups in total. The highest BCUT2D eigenvalue weighted by atomic mass is 32.1. The van der Waals surface area contributed by atoms with Crippen molar-refractivity contribution in [2.75, 3.05) is 13.7 Å². The third-order valence-electron chi connectivity index (χ3n) is 3.61. The molecule has 0 aromatic carbocycles. The van der Waals surface area contributed by atoms with E-state index in [2.05, 4.69) is 19.2 Å². The second kappa shape index (κ2) is 6.13. The van der Waals surface area contributed by atoms with Crippen molar-refractivity contribution in [3.8, 4) is 0 Å². The quantitative estimate of drug-likeness (QED) is 0.816. The summed E-state index contributed by atoms with van der Waals surface area (Å²) in [6.07, 6.45) is 4.75. The van der Waals surface area contributed by atoms with Crippen molar-refractivity contribution in [3.05, 3.63) is 16.1 Å². The van der Waals surface area contributed by atoms with Gasteiger partial charge < -0.3 is 9.47 Å². The molecule has 2 atom stereocenters. The van der Waals surface area contributed by atoms with E-state index in [0.717, 1.165) is 36.1 Å². The number of thiazole rings is 1. The molecular weight excluding hydrogens is 246 g/mol. The van der Waals surface area contributed by atoms with E-state index in [9.17, 15) is 0 Å². The van der Waals surface area contributed by atoms with Gasteiger partial charge in [-0.1, -0.05) is 13.3 Å². The molecule has 0 spiro atoms. The highest BCUT2D eigenvalue weighted by Gasteiger charge is 2.39. The fourth-order valence-corrected chi connectivity index (χ4v) is 3.89. The molecule has 0 bridgehead atoms. The molecule has 1 fully saturated rings. The SMILES string of the molecule is CCOC1(c2nc(COC)cs2)CCCC(C)C1. The second-order valence-electron chi connectivity index (χ2n) is 5.21. The lowest BCUT2D eigenvalue weighted by Gasteiger charge is -2.38. The number of nitrogens with zero attached hydrogens (tertiary/aromatic N) is 1. The molecule has 0 aliphatic heterocycles. The van der Waals surface area contributed by atoms with Crippen LogP contribution in [0.3, 0.4) is 0 Å². The van der Waals surface area contributed by atoms with Crippen LogP contribution in [-0.4, -0.2) is 18.7 Å². The van der Waals surface area contributed by atoms with Crippen LogP contribution in [0.15, 0.2) is 5.38 Å². The van der Waals surface area contributed by atoms with Gasteiger partial charge in [0.1, 0.15) is 10.6 Å². The van der Waals surface area contributed by atoms with Crippen LogP contribution in [0, 0.1) is 5.92 Å². The predicted octanol–water partition coefficient (Wildman–Crippen LogP) is 3.73. The Kier molecular flexibility index (Phi) is 4.76. The largest absolute Gasteiger partial charge is 0.378 e. The summed E-state index contributed by atoms with van der Waals surface area (Å²) in [5.74, 6) is 0.722. The predicted molar refractivity (Wildman–Crippen MR) is 73.8 cm³/mol. The molecule has 0 amide bonds. The lowest BCUT2D eigenvalue weighted by atomic mass is 9.79. The third kappa shape index (κ3) is 2.92. The van der Waals surface area contributed by atoms with Gasteiger partial charge in [0.05, 0.1) is 12.3 Å².